The second-order valence-electron chi connectivity index (χ2n) is 6.23. The van der Waals surface area contributed by atoms with Gasteiger partial charge in [0.1, 0.15) is 9.71 Å². The zero-order valence-electron chi connectivity index (χ0n) is 15.0. The van der Waals surface area contributed by atoms with Crippen LogP contribution in [0.1, 0.15) is 29.4 Å². The van der Waals surface area contributed by atoms with E-state index in [-0.39, 0.29) is 23.2 Å². The fourth-order valence-corrected chi connectivity index (χ4v) is 4.11. The molecule has 1 aromatic carbocycles. The highest BCUT2D eigenvalue weighted by Gasteiger charge is 2.22. The smallest absolute Gasteiger partial charge is 0.260 e. The van der Waals surface area contributed by atoms with Crippen molar-refractivity contribution in [3.63, 3.8) is 0 Å². The lowest BCUT2D eigenvalue weighted by Crippen LogP contribution is -2.24. The van der Waals surface area contributed by atoms with Crippen LogP contribution in [0.2, 0.25) is 10.0 Å². The molecule has 0 saturated heterocycles. The van der Waals surface area contributed by atoms with E-state index in [0.29, 0.717) is 37.5 Å². The summed E-state index contributed by atoms with van der Waals surface area (Å²) in [6.07, 6.45) is 1.64. The Morgan fingerprint density at radius 2 is 2.07 bits per heavy atom. The summed E-state index contributed by atoms with van der Waals surface area (Å²) in [5.41, 5.74) is 13.0. The first-order chi connectivity index (χ1) is 13.3. The molecule has 0 bridgehead atoms. The highest BCUT2D eigenvalue weighted by Crippen LogP contribution is 2.40. The number of aliphatic hydroxyl groups excluding tert-OH is 1. The minimum atomic E-state index is -0.630. The van der Waals surface area contributed by atoms with Crippen molar-refractivity contribution >= 4 is 62.3 Å². The molecule has 0 unspecified atom stereocenters. The van der Waals surface area contributed by atoms with Crippen LogP contribution >= 0.6 is 34.5 Å². The molecule has 2 heterocycles. The van der Waals surface area contributed by atoms with E-state index in [9.17, 15) is 9.90 Å². The number of nitrogens with one attached hydrogen (secondary N) is 1. The molecule has 0 saturated carbocycles. The van der Waals surface area contributed by atoms with Gasteiger partial charge >= 0.3 is 0 Å². The van der Waals surface area contributed by atoms with Crippen LogP contribution in [-0.4, -0.2) is 33.6 Å². The Bertz CT molecular complexity index is 1040. The highest BCUT2D eigenvalue weighted by molar-refractivity contribution is 7.21. The highest BCUT2D eigenvalue weighted by atomic mass is 35.5. The van der Waals surface area contributed by atoms with Gasteiger partial charge in [-0.3, -0.25) is 4.79 Å². The number of aromatic nitrogens is 2. The summed E-state index contributed by atoms with van der Waals surface area (Å²) in [5, 5.41) is 14.0. The van der Waals surface area contributed by atoms with Gasteiger partial charge in [-0.25, -0.2) is 9.97 Å². The fraction of sp³-hybridized carbons (Fsp3) is 0.278. The Labute approximate surface area is 175 Å². The van der Waals surface area contributed by atoms with Crippen molar-refractivity contribution in [3.05, 3.63) is 33.1 Å². The molecular formula is C18H19Cl2N5O2S. The van der Waals surface area contributed by atoms with Gasteiger partial charge in [0.15, 0.2) is 0 Å². The summed E-state index contributed by atoms with van der Waals surface area (Å²) in [4.78, 5) is 21.5. The van der Waals surface area contributed by atoms with Crippen molar-refractivity contribution in [2.45, 2.75) is 25.8 Å². The SMILES string of the molecule is CCC[C@@H](CO)Nc1nc(-c2ccc(Cl)c(Cl)c2)c2c(N)c(C(N)=O)sc2n1. The zero-order chi connectivity index (χ0) is 20.4. The Balaban J connectivity index is 2.22. The van der Waals surface area contributed by atoms with Gasteiger partial charge in [-0.05, 0) is 18.6 Å². The molecule has 1 amide bonds. The van der Waals surface area contributed by atoms with Crippen molar-refractivity contribution in [2.24, 2.45) is 5.73 Å². The van der Waals surface area contributed by atoms with E-state index in [0.717, 1.165) is 24.2 Å². The first kappa shape index (κ1) is 20.6. The monoisotopic (exact) mass is 439 g/mol. The number of hydrogen-bond acceptors (Lipinski definition) is 7. The maximum atomic E-state index is 11.7. The van der Waals surface area contributed by atoms with Gasteiger partial charge in [0.25, 0.3) is 5.91 Å². The molecule has 148 valence electrons. The number of nitrogens with zero attached hydrogens (tertiary/aromatic N) is 2. The lowest BCUT2D eigenvalue weighted by Gasteiger charge is -2.16. The number of fused-ring (bicyclic) bond motifs is 1. The number of halogens is 2. The van der Waals surface area contributed by atoms with Gasteiger partial charge in [-0.2, -0.15) is 0 Å². The first-order valence-electron chi connectivity index (χ1n) is 8.58. The number of aliphatic hydroxyl groups is 1. The first-order valence-corrected chi connectivity index (χ1v) is 10.2. The number of benzene rings is 1. The number of carbonyl (C=O) groups is 1. The van der Waals surface area contributed by atoms with Crippen LogP contribution in [0.3, 0.4) is 0 Å². The topological polar surface area (TPSA) is 127 Å². The molecule has 28 heavy (non-hydrogen) atoms. The van der Waals surface area contributed by atoms with Gasteiger partial charge in [-0.1, -0.05) is 42.6 Å². The second kappa shape index (κ2) is 8.48. The van der Waals surface area contributed by atoms with Crippen molar-refractivity contribution in [1.29, 1.82) is 0 Å². The van der Waals surface area contributed by atoms with Crippen molar-refractivity contribution in [2.75, 3.05) is 17.7 Å². The van der Waals surface area contributed by atoms with Gasteiger partial charge in [-0.15, -0.1) is 11.3 Å². The van der Waals surface area contributed by atoms with E-state index in [2.05, 4.69) is 15.3 Å². The number of nitrogen functional groups attached to an aromatic ring is 1. The number of rotatable bonds is 7. The fourth-order valence-electron chi connectivity index (χ4n) is 2.86. The number of carbonyl (C=O) groups excluding carboxylic acids is 1. The van der Waals surface area contributed by atoms with Gasteiger partial charge < -0.3 is 21.9 Å². The van der Waals surface area contributed by atoms with Gasteiger partial charge in [0, 0.05) is 5.56 Å². The van der Waals surface area contributed by atoms with Crippen LogP contribution in [0.5, 0.6) is 0 Å². The van der Waals surface area contributed by atoms with Crippen LogP contribution in [0, 0.1) is 0 Å². The number of anilines is 2. The molecule has 7 nitrogen and oxygen atoms in total. The lowest BCUT2D eigenvalue weighted by atomic mass is 10.1. The summed E-state index contributed by atoms with van der Waals surface area (Å²) >= 11 is 13.3. The third kappa shape index (κ3) is 4.00. The second-order valence-corrected chi connectivity index (χ2v) is 8.04. The number of nitrogens with two attached hydrogens (primary N) is 2. The van der Waals surface area contributed by atoms with Crippen molar-refractivity contribution in [3.8, 4) is 11.3 Å². The molecule has 3 aromatic rings. The van der Waals surface area contributed by atoms with E-state index in [4.69, 9.17) is 34.7 Å². The van der Waals surface area contributed by atoms with E-state index in [1.807, 2.05) is 6.92 Å². The normalized spacial score (nSPS) is 12.3. The van der Waals surface area contributed by atoms with E-state index < -0.39 is 5.91 Å². The third-order valence-corrected chi connectivity index (χ3v) is 6.05. The Morgan fingerprint density at radius 3 is 2.68 bits per heavy atom. The Morgan fingerprint density at radius 1 is 1.32 bits per heavy atom. The number of hydrogen-bond donors (Lipinski definition) is 4. The standard InChI is InChI=1S/C18H19Cl2N5O2S/c1-2-3-9(7-26)23-18-24-14(8-4-5-10(19)11(20)6-8)12-13(21)15(16(22)27)28-17(12)25-18/h4-6,9,26H,2-3,7,21H2,1H3,(H2,22,27)(H,23,24,25)/t9-/m0/s1. The number of thiophene rings is 1. The van der Waals surface area contributed by atoms with Crippen molar-refractivity contribution < 1.29 is 9.90 Å². The molecule has 6 N–H and O–H groups in total. The van der Waals surface area contributed by atoms with Gasteiger partial charge in [0.05, 0.1) is 39.5 Å². The summed E-state index contributed by atoms with van der Waals surface area (Å²) in [7, 11) is 0. The van der Waals surface area contributed by atoms with Crippen LogP contribution < -0.4 is 16.8 Å². The number of amides is 1. The molecule has 0 aliphatic heterocycles. The molecule has 1 atom stereocenters. The van der Waals surface area contributed by atoms with E-state index in [1.54, 1.807) is 18.2 Å². The average molecular weight is 440 g/mol. The number of primary amides is 1. The van der Waals surface area contributed by atoms with Crippen LogP contribution in [-0.2, 0) is 0 Å². The molecule has 0 aliphatic rings. The van der Waals surface area contributed by atoms with E-state index in [1.165, 1.54) is 0 Å². The summed E-state index contributed by atoms with van der Waals surface area (Å²) < 4.78 is 0. The van der Waals surface area contributed by atoms with E-state index >= 15 is 0 Å². The minimum Gasteiger partial charge on any atom is -0.397 e. The maximum absolute atomic E-state index is 11.7. The summed E-state index contributed by atoms with van der Waals surface area (Å²) in [5.74, 6) is -0.312. The molecular weight excluding hydrogens is 421 g/mol. The summed E-state index contributed by atoms with van der Waals surface area (Å²) in [6.45, 7) is 1.96. The largest absolute Gasteiger partial charge is 0.397 e. The van der Waals surface area contributed by atoms with Crippen LogP contribution in [0.15, 0.2) is 18.2 Å². The average Bonchev–Trinajstić information content (AvgIpc) is 3.00. The maximum Gasteiger partial charge on any atom is 0.260 e. The molecule has 10 heteroatoms. The quantitative estimate of drug-likeness (QED) is 0.441. The van der Waals surface area contributed by atoms with Crippen LogP contribution in [0.25, 0.3) is 21.5 Å². The molecule has 0 radical (unpaired) electrons. The lowest BCUT2D eigenvalue weighted by molar-refractivity contribution is 0.100. The van der Waals surface area contributed by atoms with Gasteiger partial charge in [0.2, 0.25) is 5.95 Å². The third-order valence-electron chi connectivity index (χ3n) is 4.20. The molecule has 0 fully saturated rings. The molecule has 3 rings (SSSR count). The Kier molecular flexibility index (Phi) is 6.24. The van der Waals surface area contributed by atoms with Crippen LogP contribution in [0.4, 0.5) is 11.6 Å². The molecule has 0 spiro atoms. The predicted molar refractivity (Wildman–Crippen MR) is 115 cm³/mol. The predicted octanol–water partition coefficient (Wildman–Crippen LogP) is 3.92. The Hall–Kier alpha value is -2.13. The summed E-state index contributed by atoms with van der Waals surface area (Å²) in [6, 6.07) is 4.89. The molecule has 0 aliphatic carbocycles. The van der Waals surface area contributed by atoms with Crippen molar-refractivity contribution in [1.82, 2.24) is 9.97 Å². The molecule has 2 aromatic heterocycles. The minimum absolute atomic E-state index is 0.0591. The zero-order valence-corrected chi connectivity index (χ0v) is 17.3.